The van der Waals surface area contributed by atoms with Crippen molar-refractivity contribution in [2.45, 2.75) is 37.8 Å². The van der Waals surface area contributed by atoms with E-state index in [0.717, 1.165) is 5.56 Å². The number of benzene rings is 2. The summed E-state index contributed by atoms with van der Waals surface area (Å²) in [6.07, 6.45) is 0.781. The molecule has 30 heavy (non-hydrogen) atoms. The van der Waals surface area contributed by atoms with Gasteiger partial charge in [-0.15, -0.1) is 0 Å². The van der Waals surface area contributed by atoms with Gasteiger partial charge in [-0.05, 0) is 36.5 Å². The van der Waals surface area contributed by atoms with Crippen LogP contribution in [0.5, 0.6) is 0 Å². The molecule has 2 aromatic rings. The summed E-state index contributed by atoms with van der Waals surface area (Å²) < 4.78 is 13.9. The molecule has 158 valence electrons. The number of amides is 2. The van der Waals surface area contributed by atoms with E-state index in [0.29, 0.717) is 37.9 Å². The molecule has 6 heteroatoms. The van der Waals surface area contributed by atoms with Crippen molar-refractivity contribution in [2.75, 3.05) is 20.1 Å². The summed E-state index contributed by atoms with van der Waals surface area (Å²) in [5.41, 5.74) is 0.666. The van der Waals surface area contributed by atoms with Gasteiger partial charge in [0.15, 0.2) is 0 Å². The van der Waals surface area contributed by atoms with Crippen molar-refractivity contribution in [1.82, 2.24) is 9.80 Å². The van der Waals surface area contributed by atoms with E-state index in [1.165, 1.54) is 6.07 Å². The number of likely N-dealkylation sites (tertiary alicyclic amines) is 2. The lowest BCUT2D eigenvalue weighted by atomic mass is 9.68. The molecule has 0 aliphatic carbocycles. The van der Waals surface area contributed by atoms with Gasteiger partial charge in [0.05, 0.1) is 24.0 Å². The standard InChI is InChI=1S/C24H27FN2O3/c1-26-22(17-7-3-2-4-8-17)20(28)16-24(23(26)30)11-13-27(14-12-24)21(29)15-18-9-5-6-10-19(18)25/h2-10,20,22,28H,11-16H2,1H3/t20-,22+/m1/s1. The van der Waals surface area contributed by atoms with Crippen molar-refractivity contribution in [2.24, 2.45) is 5.41 Å². The number of likely N-dealkylation sites (N-methyl/N-ethyl adjacent to an activating group) is 1. The summed E-state index contributed by atoms with van der Waals surface area (Å²) >= 11 is 0. The molecule has 1 spiro atoms. The van der Waals surface area contributed by atoms with E-state index in [2.05, 4.69) is 0 Å². The van der Waals surface area contributed by atoms with Crippen LogP contribution in [-0.4, -0.2) is 53.0 Å². The minimum atomic E-state index is -0.657. The third-order valence-corrected chi connectivity index (χ3v) is 6.67. The summed E-state index contributed by atoms with van der Waals surface area (Å²) in [6.45, 7) is 0.880. The largest absolute Gasteiger partial charge is 0.391 e. The number of hydrogen-bond acceptors (Lipinski definition) is 3. The molecule has 2 atom stereocenters. The molecule has 0 bridgehead atoms. The predicted molar refractivity (Wildman–Crippen MR) is 111 cm³/mol. The number of nitrogens with zero attached hydrogens (tertiary/aromatic N) is 2. The Kier molecular flexibility index (Phi) is 5.60. The van der Waals surface area contributed by atoms with E-state index < -0.39 is 11.5 Å². The molecule has 2 saturated heterocycles. The highest BCUT2D eigenvalue weighted by atomic mass is 19.1. The average Bonchev–Trinajstić information content (AvgIpc) is 2.75. The van der Waals surface area contributed by atoms with Gasteiger partial charge in [-0.2, -0.15) is 0 Å². The van der Waals surface area contributed by atoms with Gasteiger partial charge in [-0.3, -0.25) is 9.59 Å². The second-order valence-electron chi connectivity index (χ2n) is 8.47. The van der Waals surface area contributed by atoms with Crippen LogP contribution in [0.1, 0.15) is 36.4 Å². The van der Waals surface area contributed by atoms with Crippen LogP contribution in [0.15, 0.2) is 54.6 Å². The van der Waals surface area contributed by atoms with Gasteiger partial charge in [0, 0.05) is 20.1 Å². The summed E-state index contributed by atoms with van der Waals surface area (Å²) in [5, 5.41) is 10.9. The van der Waals surface area contributed by atoms with Gasteiger partial charge >= 0.3 is 0 Å². The molecule has 4 rings (SSSR count). The van der Waals surface area contributed by atoms with Crippen LogP contribution >= 0.6 is 0 Å². The lowest BCUT2D eigenvalue weighted by Gasteiger charge is -2.50. The lowest BCUT2D eigenvalue weighted by Crippen LogP contribution is -2.58. The smallest absolute Gasteiger partial charge is 0.229 e. The van der Waals surface area contributed by atoms with Crippen LogP contribution in [0, 0.1) is 11.2 Å². The van der Waals surface area contributed by atoms with Crippen molar-refractivity contribution < 1.29 is 19.1 Å². The first-order chi connectivity index (χ1) is 14.4. The highest BCUT2D eigenvalue weighted by Crippen LogP contribution is 2.46. The van der Waals surface area contributed by atoms with Gasteiger partial charge in [-0.1, -0.05) is 48.5 Å². The van der Waals surface area contributed by atoms with Gasteiger partial charge < -0.3 is 14.9 Å². The molecule has 2 aliphatic rings. The molecular weight excluding hydrogens is 383 g/mol. The Balaban J connectivity index is 1.43. The average molecular weight is 410 g/mol. The first-order valence-electron chi connectivity index (χ1n) is 10.4. The van der Waals surface area contributed by atoms with Crippen LogP contribution in [0.3, 0.4) is 0 Å². The number of rotatable bonds is 3. The van der Waals surface area contributed by atoms with Gasteiger partial charge in [0.1, 0.15) is 5.82 Å². The van der Waals surface area contributed by atoms with E-state index in [1.54, 1.807) is 35.0 Å². The fourth-order valence-corrected chi connectivity index (χ4v) is 4.97. The number of halogens is 1. The van der Waals surface area contributed by atoms with E-state index in [1.807, 2.05) is 30.3 Å². The number of carbonyl (C=O) groups excluding carboxylic acids is 2. The zero-order valence-electron chi connectivity index (χ0n) is 17.1. The first kappa shape index (κ1) is 20.5. The predicted octanol–water partition coefficient (Wildman–Crippen LogP) is 2.94. The minimum absolute atomic E-state index is 0.0201. The third-order valence-electron chi connectivity index (χ3n) is 6.67. The molecule has 0 aromatic heterocycles. The van der Waals surface area contributed by atoms with E-state index >= 15 is 0 Å². The van der Waals surface area contributed by atoms with Crippen molar-refractivity contribution in [3.05, 3.63) is 71.5 Å². The van der Waals surface area contributed by atoms with Gasteiger partial charge in [0.2, 0.25) is 11.8 Å². The SMILES string of the molecule is CN1C(=O)C2(CCN(C(=O)Cc3ccccc3F)CC2)C[C@@H](O)[C@@H]1c1ccccc1. The van der Waals surface area contributed by atoms with Crippen LogP contribution < -0.4 is 0 Å². The Bertz CT molecular complexity index is 925. The Morgan fingerprint density at radius 1 is 1.10 bits per heavy atom. The highest BCUT2D eigenvalue weighted by molar-refractivity contribution is 5.85. The van der Waals surface area contributed by atoms with Crippen LogP contribution in [0.2, 0.25) is 0 Å². The molecule has 2 aromatic carbocycles. The van der Waals surface area contributed by atoms with Crippen LogP contribution in [0.25, 0.3) is 0 Å². The monoisotopic (exact) mass is 410 g/mol. The maximum absolute atomic E-state index is 13.9. The number of aliphatic hydroxyl groups is 1. The van der Waals surface area contributed by atoms with Gasteiger partial charge in [0.25, 0.3) is 0 Å². The Morgan fingerprint density at radius 2 is 1.73 bits per heavy atom. The summed E-state index contributed by atoms with van der Waals surface area (Å²) in [7, 11) is 1.75. The molecule has 0 radical (unpaired) electrons. The lowest BCUT2D eigenvalue weighted by molar-refractivity contribution is -0.163. The minimum Gasteiger partial charge on any atom is -0.391 e. The van der Waals surface area contributed by atoms with Gasteiger partial charge in [-0.25, -0.2) is 4.39 Å². The zero-order valence-corrected chi connectivity index (χ0v) is 17.1. The third kappa shape index (κ3) is 3.72. The van der Waals surface area contributed by atoms with Crippen LogP contribution in [-0.2, 0) is 16.0 Å². The molecule has 0 saturated carbocycles. The molecule has 0 unspecified atom stereocenters. The summed E-state index contributed by atoms with van der Waals surface area (Å²) in [6, 6.07) is 15.5. The van der Waals surface area contributed by atoms with E-state index in [9.17, 15) is 19.1 Å². The second kappa shape index (κ2) is 8.19. The number of carbonyl (C=O) groups is 2. The maximum atomic E-state index is 13.9. The number of hydrogen-bond donors (Lipinski definition) is 1. The molecule has 1 N–H and O–H groups in total. The Hall–Kier alpha value is -2.73. The second-order valence-corrected chi connectivity index (χ2v) is 8.47. The number of aliphatic hydroxyl groups excluding tert-OH is 1. The maximum Gasteiger partial charge on any atom is 0.229 e. The van der Waals surface area contributed by atoms with E-state index in [-0.39, 0.29) is 30.1 Å². The highest BCUT2D eigenvalue weighted by Gasteiger charge is 2.51. The summed E-state index contributed by atoms with van der Waals surface area (Å²) in [4.78, 5) is 29.3. The molecule has 2 fully saturated rings. The normalized spacial score (nSPS) is 23.6. The fourth-order valence-electron chi connectivity index (χ4n) is 4.97. The summed E-state index contributed by atoms with van der Waals surface area (Å²) in [5.74, 6) is -0.476. The Labute approximate surface area is 176 Å². The molecule has 2 aliphatic heterocycles. The first-order valence-corrected chi connectivity index (χ1v) is 10.4. The quantitative estimate of drug-likeness (QED) is 0.846. The van der Waals surface area contributed by atoms with Crippen molar-refractivity contribution in [1.29, 1.82) is 0 Å². The molecule has 5 nitrogen and oxygen atoms in total. The molecular formula is C24H27FN2O3. The van der Waals surface area contributed by atoms with Crippen molar-refractivity contribution in [3.8, 4) is 0 Å². The van der Waals surface area contributed by atoms with Crippen LogP contribution in [0.4, 0.5) is 4.39 Å². The van der Waals surface area contributed by atoms with Crippen molar-refractivity contribution >= 4 is 11.8 Å². The number of piperidine rings is 2. The topological polar surface area (TPSA) is 60.9 Å². The Morgan fingerprint density at radius 3 is 2.40 bits per heavy atom. The molecule has 2 heterocycles. The van der Waals surface area contributed by atoms with Crippen molar-refractivity contribution in [3.63, 3.8) is 0 Å². The van der Waals surface area contributed by atoms with E-state index in [4.69, 9.17) is 0 Å². The fraction of sp³-hybridized carbons (Fsp3) is 0.417. The molecule has 2 amide bonds. The zero-order chi connectivity index (χ0) is 21.3.